The van der Waals surface area contributed by atoms with Crippen molar-refractivity contribution in [1.29, 1.82) is 0 Å². The van der Waals surface area contributed by atoms with Crippen LogP contribution >= 0.6 is 0 Å². The molecular weight excluding hydrogens is 191 g/mol. The zero-order valence-corrected chi connectivity index (χ0v) is 8.40. The van der Waals surface area contributed by atoms with Crippen LogP contribution in [0.2, 0.25) is 0 Å². The van der Waals surface area contributed by atoms with Crippen molar-refractivity contribution in [3.8, 4) is 0 Å². The molecule has 0 atom stereocenters. The topological polar surface area (TPSA) is 74.2 Å². The molecule has 0 aliphatic rings. The van der Waals surface area contributed by atoms with Crippen molar-refractivity contribution >= 4 is 17.7 Å². The maximum Gasteiger partial charge on any atom is 0.355 e. The van der Waals surface area contributed by atoms with Crippen LogP contribution in [0, 0.1) is 0 Å². The molecule has 0 aromatic rings. The highest BCUT2D eigenvalue weighted by molar-refractivity contribution is 6.36. The number of oxime groups is 1. The van der Waals surface area contributed by atoms with Gasteiger partial charge in [-0.25, -0.2) is 4.79 Å². The fraction of sp³-hybridized carbons (Fsp3) is 0.625. The van der Waals surface area contributed by atoms with Crippen molar-refractivity contribution in [3.63, 3.8) is 0 Å². The molecule has 0 aliphatic carbocycles. The number of hydrogen-bond acceptors (Lipinski definition) is 6. The van der Waals surface area contributed by atoms with Crippen LogP contribution in [0.5, 0.6) is 0 Å². The minimum absolute atomic E-state index is 0.0559. The quantitative estimate of drug-likeness (QED) is 0.275. The Kier molecular flexibility index (Phi) is 6.09. The van der Waals surface area contributed by atoms with Crippen LogP contribution < -0.4 is 0 Å². The molecule has 0 N–H and O–H groups in total. The van der Waals surface area contributed by atoms with E-state index >= 15 is 0 Å². The summed E-state index contributed by atoms with van der Waals surface area (Å²) >= 11 is 0. The van der Waals surface area contributed by atoms with Gasteiger partial charge in [0.05, 0.1) is 20.6 Å². The average Bonchev–Trinajstić information content (AvgIpc) is 2.22. The van der Waals surface area contributed by atoms with Gasteiger partial charge in [0.1, 0.15) is 7.11 Å². The fourth-order valence-electron chi connectivity index (χ4n) is 0.736. The second kappa shape index (κ2) is 6.88. The SMILES string of the molecule is CO/[15N]=C(\CCC(=O)OC)C(=O)OC. The van der Waals surface area contributed by atoms with Gasteiger partial charge in [0.2, 0.25) is 0 Å². The summed E-state index contributed by atoms with van der Waals surface area (Å²) in [5.74, 6) is -1.03. The van der Waals surface area contributed by atoms with Crippen molar-refractivity contribution < 1.29 is 23.9 Å². The molecule has 0 rings (SSSR count). The van der Waals surface area contributed by atoms with E-state index < -0.39 is 11.9 Å². The summed E-state index contributed by atoms with van der Waals surface area (Å²) in [6.45, 7) is 0. The summed E-state index contributed by atoms with van der Waals surface area (Å²) in [7, 11) is 3.81. The first-order valence-corrected chi connectivity index (χ1v) is 3.90. The number of hydrogen-bond donors (Lipinski definition) is 0. The molecule has 6 heteroatoms. The molecule has 6 nitrogen and oxygen atoms in total. The van der Waals surface area contributed by atoms with Crippen LogP contribution in [-0.4, -0.2) is 39.0 Å². The molecule has 0 heterocycles. The molecule has 0 bridgehead atoms. The Bertz CT molecular complexity index is 236. The van der Waals surface area contributed by atoms with E-state index in [1.165, 1.54) is 21.3 Å². The predicted octanol–water partition coefficient (Wildman–Crippen LogP) is 0.115. The van der Waals surface area contributed by atoms with Crippen molar-refractivity contribution in [2.75, 3.05) is 21.3 Å². The van der Waals surface area contributed by atoms with E-state index in [-0.39, 0.29) is 18.6 Å². The number of carbonyl (C=O) groups excluding carboxylic acids is 2. The molecule has 80 valence electrons. The summed E-state index contributed by atoms with van der Waals surface area (Å²) in [5, 5.41) is 3.44. The van der Waals surface area contributed by atoms with Crippen LogP contribution in [0.4, 0.5) is 0 Å². The summed E-state index contributed by atoms with van der Waals surface area (Å²) in [4.78, 5) is 26.2. The second-order valence-electron chi connectivity index (χ2n) is 2.29. The monoisotopic (exact) mass is 204 g/mol. The van der Waals surface area contributed by atoms with E-state index in [2.05, 4.69) is 19.5 Å². The van der Waals surface area contributed by atoms with Crippen LogP contribution in [0.1, 0.15) is 12.8 Å². The summed E-state index contributed by atoms with van der Waals surface area (Å²) in [6.07, 6.45) is 0.195. The van der Waals surface area contributed by atoms with Gasteiger partial charge in [-0.15, -0.1) is 0 Å². The lowest BCUT2D eigenvalue weighted by atomic mass is 10.2. The van der Waals surface area contributed by atoms with Gasteiger partial charge in [-0.05, 0) is 0 Å². The highest BCUT2D eigenvalue weighted by atomic mass is 16.8. The molecule has 14 heavy (non-hydrogen) atoms. The Hall–Kier alpha value is -1.59. The lowest BCUT2D eigenvalue weighted by Gasteiger charge is -2.02. The van der Waals surface area contributed by atoms with E-state index in [1.54, 1.807) is 0 Å². The van der Waals surface area contributed by atoms with Gasteiger partial charge in [0.15, 0.2) is 5.71 Å². The lowest BCUT2D eigenvalue weighted by Crippen LogP contribution is -2.17. The van der Waals surface area contributed by atoms with E-state index in [0.717, 1.165) is 0 Å². The molecule has 0 aromatic heterocycles. The van der Waals surface area contributed by atoms with Crippen LogP contribution in [0.25, 0.3) is 0 Å². The number of nitrogens with zero attached hydrogens (tertiary/aromatic N) is 1. The van der Waals surface area contributed by atoms with E-state index in [4.69, 9.17) is 0 Å². The first kappa shape index (κ1) is 12.4. The van der Waals surface area contributed by atoms with Gasteiger partial charge < -0.3 is 14.3 Å². The normalized spacial score (nSPS) is 10.6. The molecule has 0 saturated heterocycles. The van der Waals surface area contributed by atoms with Crippen LogP contribution in [-0.2, 0) is 23.9 Å². The maximum absolute atomic E-state index is 11.0. The average molecular weight is 204 g/mol. The molecule has 0 spiro atoms. The summed E-state index contributed by atoms with van der Waals surface area (Å²) in [6, 6.07) is 0. The van der Waals surface area contributed by atoms with Crippen molar-refractivity contribution in [2.45, 2.75) is 12.8 Å². The van der Waals surface area contributed by atoms with Gasteiger partial charge in [-0.1, -0.05) is 5.16 Å². The zero-order valence-electron chi connectivity index (χ0n) is 8.40. The molecule has 0 aromatic carbocycles. The summed E-state index contributed by atoms with van der Waals surface area (Å²) in [5.41, 5.74) is 0.0559. The summed E-state index contributed by atoms with van der Waals surface area (Å²) < 4.78 is 8.83. The number of methoxy groups -OCH3 is 2. The molecule has 0 aliphatic heterocycles. The standard InChI is InChI=1S/C8H13NO5/c1-12-7(10)5-4-6(9-14-3)8(11)13-2/h4-5H2,1-3H3/b9-6+/i9+1. The first-order valence-electron chi connectivity index (χ1n) is 3.90. The third kappa shape index (κ3) is 4.44. The molecule has 0 radical (unpaired) electrons. The van der Waals surface area contributed by atoms with Crippen molar-refractivity contribution in [3.05, 3.63) is 0 Å². The minimum atomic E-state index is -0.615. The second-order valence-corrected chi connectivity index (χ2v) is 2.29. The van der Waals surface area contributed by atoms with Crippen molar-refractivity contribution in [2.24, 2.45) is 5.16 Å². The minimum Gasteiger partial charge on any atom is -0.469 e. The molecular formula is C8H13NO5. The Morgan fingerprint density at radius 3 is 2.14 bits per heavy atom. The van der Waals surface area contributed by atoms with Crippen molar-refractivity contribution in [1.82, 2.24) is 0 Å². The van der Waals surface area contributed by atoms with E-state index in [1.807, 2.05) is 0 Å². The molecule has 0 fully saturated rings. The lowest BCUT2D eigenvalue weighted by molar-refractivity contribution is -0.140. The Labute approximate surface area is 81.8 Å². The highest BCUT2D eigenvalue weighted by Gasteiger charge is 2.14. The third-order valence-electron chi connectivity index (χ3n) is 1.42. The molecule has 0 amide bonds. The van der Waals surface area contributed by atoms with Gasteiger partial charge in [0.25, 0.3) is 0 Å². The predicted molar refractivity (Wildman–Crippen MR) is 47.7 cm³/mol. The third-order valence-corrected chi connectivity index (χ3v) is 1.42. The number of esters is 2. The van der Waals surface area contributed by atoms with Crippen LogP contribution in [0.15, 0.2) is 5.16 Å². The van der Waals surface area contributed by atoms with Gasteiger partial charge >= 0.3 is 11.9 Å². The van der Waals surface area contributed by atoms with Crippen LogP contribution in [0.3, 0.4) is 0 Å². The van der Waals surface area contributed by atoms with Gasteiger partial charge in [0, 0.05) is 6.42 Å². The smallest absolute Gasteiger partial charge is 0.355 e. The highest BCUT2D eigenvalue weighted by Crippen LogP contribution is 1.98. The largest absolute Gasteiger partial charge is 0.469 e. The fourth-order valence-corrected chi connectivity index (χ4v) is 0.736. The van der Waals surface area contributed by atoms with Gasteiger partial charge in [-0.2, -0.15) is 0 Å². The number of ether oxygens (including phenoxy) is 2. The first-order chi connectivity index (χ1) is 6.65. The number of carbonyl (C=O) groups is 2. The zero-order chi connectivity index (χ0) is 11.0. The maximum atomic E-state index is 11.0. The van der Waals surface area contributed by atoms with E-state index in [0.29, 0.717) is 0 Å². The Balaban J connectivity index is 4.18. The Morgan fingerprint density at radius 2 is 1.71 bits per heavy atom. The molecule has 0 unspecified atom stereocenters. The number of rotatable bonds is 5. The molecule has 0 saturated carbocycles. The Morgan fingerprint density at radius 1 is 1.07 bits per heavy atom. The van der Waals surface area contributed by atoms with E-state index in [9.17, 15) is 9.59 Å². The van der Waals surface area contributed by atoms with Gasteiger partial charge in [-0.3, -0.25) is 4.79 Å².